The van der Waals surface area contributed by atoms with Crippen molar-refractivity contribution >= 4 is 39.4 Å². The lowest BCUT2D eigenvalue weighted by Crippen LogP contribution is -2.24. The molecule has 0 bridgehead atoms. The smallest absolute Gasteiger partial charge is 0.255 e. The van der Waals surface area contributed by atoms with Crippen LogP contribution >= 0.6 is 15.9 Å². The highest BCUT2D eigenvalue weighted by Gasteiger charge is 2.31. The van der Waals surface area contributed by atoms with Crippen molar-refractivity contribution in [1.29, 1.82) is 0 Å². The van der Waals surface area contributed by atoms with Gasteiger partial charge in [-0.15, -0.1) is 0 Å². The van der Waals surface area contributed by atoms with E-state index in [1.54, 1.807) is 55.6 Å². The van der Waals surface area contributed by atoms with Gasteiger partial charge in [-0.3, -0.25) is 9.59 Å². The van der Waals surface area contributed by atoms with Gasteiger partial charge in [0.25, 0.3) is 5.91 Å². The number of Topliss-reactive ketones (excluding diaryl/α,β-unsaturated/α-hetero) is 1. The van der Waals surface area contributed by atoms with Crippen LogP contribution in [0.5, 0.6) is 17.2 Å². The number of methoxy groups -OCH3 is 1. The van der Waals surface area contributed by atoms with Crippen molar-refractivity contribution in [3.8, 4) is 17.2 Å². The Kier molecular flexibility index (Phi) is 6.21. The highest BCUT2D eigenvalue weighted by molar-refractivity contribution is 9.10. The molecule has 8 heteroatoms. The molecule has 0 atom stereocenters. The van der Waals surface area contributed by atoms with Gasteiger partial charge in [-0.1, -0.05) is 30.3 Å². The molecule has 0 saturated carbocycles. The monoisotopic (exact) mass is 534 g/mol. The predicted octanol–water partition coefficient (Wildman–Crippen LogP) is 5.15. The first-order valence-corrected chi connectivity index (χ1v) is 11.9. The number of anilines is 1. The minimum Gasteiger partial charge on any atom is -0.492 e. The van der Waals surface area contributed by atoms with Crippen LogP contribution in [-0.4, -0.2) is 44.1 Å². The summed E-state index contributed by atoms with van der Waals surface area (Å²) in [6.45, 7) is 0.737. The summed E-state index contributed by atoms with van der Waals surface area (Å²) in [6.07, 6.45) is 2.52. The van der Waals surface area contributed by atoms with Crippen molar-refractivity contribution < 1.29 is 23.8 Å². The van der Waals surface area contributed by atoms with E-state index in [0.717, 1.165) is 15.6 Å². The third-order valence-corrected chi connectivity index (χ3v) is 6.94. The number of hydrogen-bond donors (Lipinski definition) is 1. The number of allylic oxidation sites excluding steroid dienone is 1. The molecule has 2 heterocycles. The maximum atomic E-state index is 13.7. The highest BCUT2D eigenvalue weighted by atomic mass is 79.9. The summed E-state index contributed by atoms with van der Waals surface area (Å²) >= 11 is 3.66. The number of fused-ring (bicyclic) bond motifs is 2. The largest absolute Gasteiger partial charge is 0.492 e. The summed E-state index contributed by atoms with van der Waals surface area (Å²) in [7, 11) is 3.46. The number of carbonyl (C=O) groups is 2. The Bertz CT molecular complexity index is 1350. The number of nitrogens with zero attached hydrogens (tertiary/aromatic N) is 1. The lowest BCUT2D eigenvalue weighted by atomic mass is 10.0. The maximum Gasteiger partial charge on any atom is 0.255 e. The number of halogens is 1. The SMILES string of the molecule is COc1c2c(c(Br)c3c1OCO3)CCN(C)C(C(=O)c1cccc(NC(=O)c3ccccc3)c1)=C2. The van der Waals surface area contributed by atoms with E-state index >= 15 is 0 Å². The molecule has 0 unspecified atom stereocenters. The normalized spacial score (nSPS) is 14.0. The van der Waals surface area contributed by atoms with Gasteiger partial charge in [0.2, 0.25) is 18.3 Å². The fourth-order valence-corrected chi connectivity index (χ4v) is 5.00. The van der Waals surface area contributed by atoms with Crippen LogP contribution in [0, 0.1) is 0 Å². The van der Waals surface area contributed by atoms with Crippen molar-refractivity contribution in [2.45, 2.75) is 6.42 Å². The minimum atomic E-state index is -0.236. The van der Waals surface area contributed by atoms with Gasteiger partial charge in [0.05, 0.1) is 17.3 Å². The third-order valence-electron chi connectivity index (χ3n) is 6.10. The number of nitrogens with one attached hydrogen (secondary N) is 1. The van der Waals surface area contributed by atoms with Crippen molar-refractivity contribution in [2.24, 2.45) is 0 Å². The summed E-state index contributed by atoms with van der Waals surface area (Å²) < 4.78 is 17.8. The van der Waals surface area contributed by atoms with Gasteiger partial charge >= 0.3 is 0 Å². The molecule has 3 aromatic rings. The first kappa shape index (κ1) is 23.0. The lowest BCUT2D eigenvalue weighted by Gasteiger charge is -2.20. The van der Waals surface area contributed by atoms with Crippen LogP contribution in [0.2, 0.25) is 0 Å². The van der Waals surface area contributed by atoms with Crippen LogP contribution in [0.25, 0.3) is 6.08 Å². The third kappa shape index (κ3) is 4.25. The molecule has 0 spiro atoms. The summed E-state index contributed by atoms with van der Waals surface area (Å²) in [6, 6.07) is 15.9. The zero-order valence-electron chi connectivity index (χ0n) is 19.3. The van der Waals surface area contributed by atoms with E-state index < -0.39 is 0 Å². The van der Waals surface area contributed by atoms with E-state index in [0.29, 0.717) is 52.7 Å². The van der Waals surface area contributed by atoms with Crippen molar-refractivity contribution in [1.82, 2.24) is 4.90 Å². The summed E-state index contributed by atoms with van der Waals surface area (Å²) in [5.74, 6) is 1.29. The number of ether oxygens (including phenoxy) is 3. The van der Waals surface area contributed by atoms with Crippen molar-refractivity contribution in [2.75, 3.05) is 32.8 Å². The van der Waals surface area contributed by atoms with E-state index in [1.807, 2.05) is 24.1 Å². The first-order valence-electron chi connectivity index (χ1n) is 11.1. The molecular formula is C27H23BrN2O5. The van der Waals surface area contributed by atoms with Crippen LogP contribution < -0.4 is 19.5 Å². The molecule has 0 aromatic heterocycles. The lowest BCUT2D eigenvalue weighted by molar-refractivity contribution is 0.0997. The number of hydrogen-bond acceptors (Lipinski definition) is 6. The van der Waals surface area contributed by atoms with Crippen LogP contribution in [0.3, 0.4) is 0 Å². The first-order chi connectivity index (χ1) is 17.0. The Morgan fingerprint density at radius 1 is 1.03 bits per heavy atom. The van der Waals surface area contributed by atoms with Crippen LogP contribution in [-0.2, 0) is 6.42 Å². The molecule has 5 rings (SSSR count). The quantitative estimate of drug-likeness (QED) is 0.456. The molecule has 0 radical (unpaired) electrons. The van der Waals surface area contributed by atoms with Gasteiger partial charge in [-0.05, 0) is 58.3 Å². The zero-order valence-corrected chi connectivity index (χ0v) is 20.8. The van der Waals surface area contributed by atoms with Gasteiger partial charge in [0.1, 0.15) is 0 Å². The zero-order chi connectivity index (χ0) is 24.5. The number of benzene rings is 3. The van der Waals surface area contributed by atoms with Crippen LogP contribution in [0.1, 0.15) is 31.8 Å². The Labute approximate surface area is 211 Å². The molecule has 3 aromatic carbocycles. The number of carbonyl (C=O) groups excluding carboxylic acids is 2. The Hall–Kier alpha value is -3.78. The molecule has 7 nitrogen and oxygen atoms in total. The minimum absolute atomic E-state index is 0.115. The second-order valence-electron chi connectivity index (χ2n) is 8.24. The Balaban J connectivity index is 1.50. The summed E-state index contributed by atoms with van der Waals surface area (Å²) in [5, 5.41) is 2.87. The van der Waals surface area contributed by atoms with Gasteiger partial charge < -0.3 is 24.4 Å². The van der Waals surface area contributed by atoms with E-state index in [-0.39, 0.29) is 18.5 Å². The molecule has 2 aliphatic rings. The fourth-order valence-electron chi connectivity index (χ4n) is 4.29. The Morgan fingerprint density at radius 3 is 2.54 bits per heavy atom. The van der Waals surface area contributed by atoms with Crippen LogP contribution in [0.15, 0.2) is 64.8 Å². The number of amides is 1. The second kappa shape index (κ2) is 9.46. The van der Waals surface area contributed by atoms with Crippen molar-refractivity contribution in [3.05, 3.63) is 87.0 Å². The molecule has 2 aliphatic heterocycles. The standard InChI is InChI=1S/C27H23BrN2O5/c1-30-12-11-19-20(24(33-2)26-25(22(19)28)34-15-35-26)14-21(30)23(31)17-9-6-10-18(13-17)29-27(32)16-7-4-3-5-8-16/h3-10,13-14H,11-12,15H2,1-2H3,(H,29,32). The molecule has 0 fully saturated rings. The topological polar surface area (TPSA) is 77.1 Å². The van der Waals surface area contributed by atoms with Crippen molar-refractivity contribution in [3.63, 3.8) is 0 Å². The van der Waals surface area contributed by atoms with Gasteiger partial charge in [-0.25, -0.2) is 0 Å². The fraction of sp³-hybridized carbons (Fsp3) is 0.185. The molecule has 1 N–H and O–H groups in total. The maximum absolute atomic E-state index is 13.7. The van der Waals surface area contributed by atoms with E-state index in [9.17, 15) is 9.59 Å². The summed E-state index contributed by atoms with van der Waals surface area (Å²) in [5.41, 5.74) is 3.85. The van der Waals surface area contributed by atoms with E-state index in [4.69, 9.17) is 14.2 Å². The average molecular weight is 535 g/mol. The van der Waals surface area contributed by atoms with Crippen LogP contribution in [0.4, 0.5) is 5.69 Å². The molecular weight excluding hydrogens is 512 g/mol. The summed E-state index contributed by atoms with van der Waals surface area (Å²) in [4.78, 5) is 28.2. The molecule has 0 aliphatic carbocycles. The molecule has 1 amide bonds. The number of rotatable bonds is 5. The van der Waals surface area contributed by atoms with Gasteiger partial charge in [0, 0.05) is 36.0 Å². The van der Waals surface area contributed by atoms with E-state index in [2.05, 4.69) is 21.2 Å². The van der Waals surface area contributed by atoms with E-state index in [1.165, 1.54) is 0 Å². The molecule has 178 valence electrons. The predicted molar refractivity (Wildman–Crippen MR) is 136 cm³/mol. The number of likely N-dealkylation sites (N-methyl/N-ethyl adjacent to an activating group) is 1. The average Bonchev–Trinajstić information content (AvgIpc) is 3.30. The molecule has 0 saturated heterocycles. The Morgan fingerprint density at radius 2 is 1.77 bits per heavy atom. The number of ketones is 1. The molecule has 35 heavy (non-hydrogen) atoms. The highest BCUT2D eigenvalue weighted by Crippen LogP contribution is 2.51. The van der Waals surface area contributed by atoms with Gasteiger partial charge in [0.15, 0.2) is 11.5 Å². The second-order valence-corrected chi connectivity index (χ2v) is 9.03. The van der Waals surface area contributed by atoms with Gasteiger partial charge in [-0.2, -0.15) is 0 Å².